The maximum absolute atomic E-state index is 13.4. The minimum atomic E-state index is -0.817. The number of nitrogens with one attached hydrogen (secondary N) is 1. The zero-order valence-electron chi connectivity index (χ0n) is 17.8. The van der Waals surface area contributed by atoms with Crippen molar-refractivity contribution in [2.24, 2.45) is 0 Å². The van der Waals surface area contributed by atoms with Gasteiger partial charge in [0.05, 0.1) is 23.8 Å². The van der Waals surface area contributed by atoms with E-state index < -0.39 is 11.6 Å². The van der Waals surface area contributed by atoms with Gasteiger partial charge in [-0.15, -0.1) is 0 Å². The van der Waals surface area contributed by atoms with Crippen LogP contribution in [0.25, 0.3) is 0 Å². The van der Waals surface area contributed by atoms with E-state index in [1.165, 1.54) is 12.1 Å². The number of ether oxygens (including phenoxy) is 1. The Balaban J connectivity index is 1.20. The smallest absolute Gasteiger partial charge is 0.251 e. The Bertz CT molecular complexity index is 978. The molecule has 2 fully saturated rings. The zero-order valence-corrected chi connectivity index (χ0v) is 17.8. The lowest BCUT2D eigenvalue weighted by molar-refractivity contribution is -0.137. The molecule has 0 spiro atoms. The molecule has 4 rings (SSSR count). The molecular formula is C24H26F2N4O2. The van der Waals surface area contributed by atoms with Gasteiger partial charge in [-0.2, -0.15) is 5.26 Å². The molecule has 32 heavy (non-hydrogen) atoms. The van der Waals surface area contributed by atoms with E-state index >= 15 is 0 Å². The Hall–Kier alpha value is -2.86. The molecule has 6 nitrogen and oxygen atoms in total. The zero-order chi connectivity index (χ0) is 22.5. The average Bonchev–Trinajstić information content (AvgIpc) is 2.79. The third-order valence-electron chi connectivity index (χ3n) is 5.92. The third kappa shape index (κ3) is 5.68. The number of carbonyl (C=O) groups excluding carboxylic acids is 1. The van der Waals surface area contributed by atoms with Crippen molar-refractivity contribution in [3.63, 3.8) is 0 Å². The normalized spacial score (nSPS) is 21.2. The molecule has 2 atom stereocenters. The highest BCUT2D eigenvalue weighted by molar-refractivity contribution is 5.94. The summed E-state index contributed by atoms with van der Waals surface area (Å²) in [6.45, 7) is 5.26. The number of halogens is 2. The van der Waals surface area contributed by atoms with E-state index in [-0.39, 0.29) is 18.1 Å². The molecule has 0 aromatic heterocycles. The number of nitriles is 1. The third-order valence-corrected chi connectivity index (χ3v) is 5.92. The molecule has 2 heterocycles. The van der Waals surface area contributed by atoms with Gasteiger partial charge in [-0.3, -0.25) is 14.6 Å². The lowest BCUT2D eigenvalue weighted by atomic mass is 10.1. The number of fused-ring (bicyclic) bond motifs is 2. The summed E-state index contributed by atoms with van der Waals surface area (Å²) in [5, 5.41) is 11.8. The topological polar surface area (TPSA) is 68.6 Å². The monoisotopic (exact) mass is 440 g/mol. The predicted molar refractivity (Wildman–Crippen MR) is 115 cm³/mol. The SMILES string of the molecule is N#Cc1ccc(C(=O)NCCN2CC3CN(CCc4ccc(F)c(F)c4)CC(C2)O3)cc1. The largest absolute Gasteiger partial charge is 0.370 e. The number of morpholine rings is 2. The first kappa shape index (κ1) is 22.3. The second kappa shape index (κ2) is 10.2. The number of nitrogens with zero attached hydrogens (tertiary/aromatic N) is 3. The van der Waals surface area contributed by atoms with Crippen molar-refractivity contribution in [2.75, 3.05) is 45.8 Å². The van der Waals surface area contributed by atoms with Gasteiger partial charge < -0.3 is 10.1 Å². The highest BCUT2D eigenvalue weighted by Crippen LogP contribution is 2.19. The van der Waals surface area contributed by atoms with Crippen molar-refractivity contribution in [1.82, 2.24) is 15.1 Å². The van der Waals surface area contributed by atoms with Gasteiger partial charge in [-0.25, -0.2) is 8.78 Å². The molecule has 0 aliphatic carbocycles. The number of carbonyl (C=O) groups is 1. The maximum atomic E-state index is 13.4. The van der Waals surface area contributed by atoms with Gasteiger partial charge >= 0.3 is 0 Å². The Morgan fingerprint density at radius 3 is 2.28 bits per heavy atom. The maximum Gasteiger partial charge on any atom is 0.251 e. The molecule has 2 aromatic carbocycles. The van der Waals surface area contributed by atoms with Crippen LogP contribution in [0.4, 0.5) is 8.78 Å². The van der Waals surface area contributed by atoms with E-state index in [2.05, 4.69) is 15.1 Å². The van der Waals surface area contributed by atoms with Crippen LogP contribution in [0.5, 0.6) is 0 Å². The van der Waals surface area contributed by atoms with Crippen LogP contribution in [-0.2, 0) is 11.2 Å². The van der Waals surface area contributed by atoms with Crippen LogP contribution >= 0.6 is 0 Å². The van der Waals surface area contributed by atoms with Crippen molar-refractivity contribution < 1.29 is 18.3 Å². The number of rotatable bonds is 7. The van der Waals surface area contributed by atoms with Crippen LogP contribution in [0.2, 0.25) is 0 Å². The van der Waals surface area contributed by atoms with Gasteiger partial charge in [0.2, 0.25) is 0 Å². The fourth-order valence-electron chi connectivity index (χ4n) is 4.33. The molecule has 0 saturated carbocycles. The van der Waals surface area contributed by atoms with Crippen molar-refractivity contribution in [2.45, 2.75) is 18.6 Å². The molecule has 2 aliphatic heterocycles. The second-order valence-corrected chi connectivity index (χ2v) is 8.34. The Morgan fingerprint density at radius 1 is 1.00 bits per heavy atom. The van der Waals surface area contributed by atoms with Gasteiger partial charge in [0.15, 0.2) is 11.6 Å². The summed E-state index contributed by atoms with van der Waals surface area (Å²) in [6, 6.07) is 12.7. The molecule has 2 unspecified atom stereocenters. The Labute approximate surface area is 186 Å². The van der Waals surface area contributed by atoms with Crippen molar-refractivity contribution in [3.8, 4) is 6.07 Å². The van der Waals surface area contributed by atoms with E-state index in [4.69, 9.17) is 10.00 Å². The molecule has 2 saturated heterocycles. The summed E-state index contributed by atoms with van der Waals surface area (Å²) in [7, 11) is 0. The number of amides is 1. The average molecular weight is 440 g/mol. The van der Waals surface area contributed by atoms with Gasteiger partial charge in [-0.1, -0.05) is 6.07 Å². The molecular weight excluding hydrogens is 414 g/mol. The highest BCUT2D eigenvalue weighted by atomic mass is 19.2. The van der Waals surface area contributed by atoms with Gasteiger partial charge in [0.25, 0.3) is 5.91 Å². The Morgan fingerprint density at radius 2 is 1.66 bits per heavy atom. The number of hydrogen-bond acceptors (Lipinski definition) is 5. The van der Waals surface area contributed by atoms with Crippen LogP contribution in [-0.4, -0.2) is 73.7 Å². The fraction of sp³-hybridized carbons (Fsp3) is 0.417. The molecule has 1 N–H and O–H groups in total. The minimum Gasteiger partial charge on any atom is -0.370 e. The predicted octanol–water partition coefficient (Wildman–Crippen LogP) is 2.19. The van der Waals surface area contributed by atoms with E-state index in [1.54, 1.807) is 30.3 Å². The summed E-state index contributed by atoms with van der Waals surface area (Å²) >= 11 is 0. The van der Waals surface area contributed by atoms with Crippen LogP contribution < -0.4 is 5.32 Å². The van der Waals surface area contributed by atoms with E-state index in [0.29, 0.717) is 24.1 Å². The molecule has 8 heteroatoms. The molecule has 1 amide bonds. The molecule has 0 radical (unpaired) electrons. The van der Waals surface area contributed by atoms with Crippen LogP contribution in [0.1, 0.15) is 21.5 Å². The minimum absolute atomic E-state index is 0.0988. The standard InChI is InChI=1S/C24H26F2N4O2/c25-22-6-3-17(11-23(22)26)7-9-29-13-20-15-30(16-21(14-29)32-20)10-8-28-24(31)19-4-1-18(12-27)2-5-19/h1-6,11,20-21H,7-10,13-16H2,(H,28,31). The summed E-state index contributed by atoms with van der Waals surface area (Å²) in [4.78, 5) is 16.9. The Kier molecular flexibility index (Phi) is 7.10. The molecule has 2 bridgehead atoms. The van der Waals surface area contributed by atoms with E-state index in [0.717, 1.165) is 44.8 Å². The van der Waals surface area contributed by atoms with Crippen LogP contribution in [0.15, 0.2) is 42.5 Å². The number of benzene rings is 2. The van der Waals surface area contributed by atoms with E-state index in [9.17, 15) is 13.6 Å². The highest BCUT2D eigenvalue weighted by Gasteiger charge is 2.34. The lowest BCUT2D eigenvalue weighted by Gasteiger charge is -2.46. The van der Waals surface area contributed by atoms with Crippen LogP contribution in [0.3, 0.4) is 0 Å². The summed E-state index contributed by atoms with van der Waals surface area (Å²) in [5.41, 5.74) is 1.86. The lowest BCUT2D eigenvalue weighted by Crippen LogP contribution is -2.60. The second-order valence-electron chi connectivity index (χ2n) is 8.34. The van der Waals surface area contributed by atoms with Crippen molar-refractivity contribution >= 4 is 5.91 Å². The molecule has 168 valence electrons. The number of hydrogen-bond donors (Lipinski definition) is 1. The van der Waals surface area contributed by atoms with Gasteiger partial charge in [-0.05, 0) is 48.4 Å². The van der Waals surface area contributed by atoms with E-state index in [1.807, 2.05) is 6.07 Å². The summed E-state index contributed by atoms with van der Waals surface area (Å²) < 4.78 is 32.6. The first-order valence-corrected chi connectivity index (χ1v) is 10.8. The summed E-state index contributed by atoms with van der Waals surface area (Å²) in [5.74, 6) is -1.77. The molecule has 2 aromatic rings. The van der Waals surface area contributed by atoms with Crippen LogP contribution in [0, 0.1) is 23.0 Å². The van der Waals surface area contributed by atoms with Crippen molar-refractivity contribution in [1.29, 1.82) is 5.26 Å². The summed E-state index contributed by atoms with van der Waals surface area (Å²) in [6.07, 6.45) is 0.866. The fourth-order valence-corrected chi connectivity index (χ4v) is 4.33. The van der Waals surface area contributed by atoms with Gasteiger partial charge in [0.1, 0.15) is 0 Å². The quantitative estimate of drug-likeness (QED) is 0.715. The van der Waals surface area contributed by atoms with Crippen molar-refractivity contribution in [3.05, 3.63) is 70.8 Å². The molecule has 2 aliphatic rings. The van der Waals surface area contributed by atoms with Gasteiger partial charge in [0, 0.05) is 51.4 Å². The first-order chi connectivity index (χ1) is 15.5. The first-order valence-electron chi connectivity index (χ1n) is 10.8.